The third-order valence-electron chi connectivity index (χ3n) is 1.87. The molecule has 0 aliphatic rings. The van der Waals surface area contributed by atoms with Crippen LogP contribution >= 0.6 is 12.6 Å². The van der Waals surface area contributed by atoms with Crippen LogP contribution in [0.3, 0.4) is 0 Å². The zero-order chi connectivity index (χ0) is 13.5. The Bertz CT molecular complexity index is 367. The van der Waals surface area contributed by atoms with Crippen LogP contribution in [0, 0.1) is 0 Å². The largest absolute Gasteiger partial charge is 0.354 e. The number of nitrogens with one attached hydrogen (secondary N) is 2. The molecule has 0 heterocycles. The lowest BCUT2D eigenvalue weighted by Crippen LogP contribution is -2.47. The Kier molecular flexibility index (Phi) is 7.21. The van der Waals surface area contributed by atoms with E-state index in [0.717, 1.165) is 6.26 Å². The van der Waals surface area contributed by atoms with E-state index in [1.54, 1.807) is 0 Å². The highest BCUT2D eigenvalue weighted by Gasteiger charge is 2.16. The summed E-state index contributed by atoms with van der Waals surface area (Å²) in [4.78, 5) is 22.3. The first-order valence-corrected chi connectivity index (χ1v) is 7.79. The fraction of sp³-hybridized carbons (Fsp3) is 0.778. The summed E-state index contributed by atoms with van der Waals surface area (Å²) >= 11 is 3.95. The van der Waals surface area contributed by atoms with E-state index >= 15 is 0 Å². The normalized spacial score (nSPS) is 12.9. The van der Waals surface area contributed by atoms with Crippen LogP contribution in [0.4, 0.5) is 0 Å². The van der Waals surface area contributed by atoms with Crippen molar-refractivity contribution in [2.75, 3.05) is 24.3 Å². The fourth-order valence-corrected chi connectivity index (χ4v) is 2.03. The van der Waals surface area contributed by atoms with Crippen LogP contribution in [0.1, 0.15) is 13.3 Å². The Hall–Kier alpha value is -0.760. The van der Waals surface area contributed by atoms with Crippen molar-refractivity contribution in [3.63, 3.8) is 0 Å². The molecule has 2 N–H and O–H groups in total. The zero-order valence-electron chi connectivity index (χ0n) is 9.89. The first kappa shape index (κ1) is 16.2. The molecule has 0 aliphatic carbocycles. The van der Waals surface area contributed by atoms with Gasteiger partial charge in [-0.1, -0.05) is 0 Å². The molecule has 1 atom stereocenters. The minimum Gasteiger partial charge on any atom is -0.354 e. The van der Waals surface area contributed by atoms with Gasteiger partial charge in [0.2, 0.25) is 11.8 Å². The molecule has 100 valence electrons. The number of rotatable bonds is 7. The topological polar surface area (TPSA) is 92.3 Å². The van der Waals surface area contributed by atoms with Crippen molar-refractivity contribution < 1.29 is 18.0 Å². The van der Waals surface area contributed by atoms with Crippen molar-refractivity contribution in [1.82, 2.24) is 10.6 Å². The molecular formula is C9H18N2O4S2. The van der Waals surface area contributed by atoms with Crippen LogP contribution in [-0.2, 0) is 19.4 Å². The third-order valence-corrected chi connectivity index (χ3v) is 3.26. The SMILES string of the molecule is CC(=O)NC(CS)C(=O)NCCCS(C)(=O)=O. The molecule has 0 aliphatic heterocycles. The van der Waals surface area contributed by atoms with Crippen molar-refractivity contribution in [2.45, 2.75) is 19.4 Å². The maximum absolute atomic E-state index is 11.5. The minimum absolute atomic E-state index is 0.0267. The van der Waals surface area contributed by atoms with E-state index in [-0.39, 0.29) is 29.9 Å². The number of hydrogen-bond donors (Lipinski definition) is 3. The first-order chi connectivity index (χ1) is 7.76. The molecule has 0 aromatic heterocycles. The number of carbonyl (C=O) groups is 2. The summed E-state index contributed by atoms with van der Waals surface area (Å²) < 4.78 is 21.7. The van der Waals surface area contributed by atoms with Gasteiger partial charge >= 0.3 is 0 Å². The van der Waals surface area contributed by atoms with Gasteiger partial charge in [0.1, 0.15) is 15.9 Å². The van der Waals surface area contributed by atoms with Crippen LogP contribution in [-0.4, -0.2) is 50.6 Å². The lowest BCUT2D eigenvalue weighted by Gasteiger charge is -2.15. The summed E-state index contributed by atoms with van der Waals surface area (Å²) in [7, 11) is -3.00. The van der Waals surface area contributed by atoms with Crippen molar-refractivity contribution >= 4 is 34.3 Å². The highest BCUT2D eigenvalue weighted by Crippen LogP contribution is 1.91. The molecule has 0 aromatic rings. The van der Waals surface area contributed by atoms with Crippen molar-refractivity contribution in [1.29, 1.82) is 0 Å². The van der Waals surface area contributed by atoms with Gasteiger partial charge in [-0.2, -0.15) is 12.6 Å². The second-order valence-corrected chi connectivity index (χ2v) is 6.34. The van der Waals surface area contributed by atoms with Gasteiger partial charge < -0.3 is 10.6 Å². The third kappa shape index (κ3) is 8.99. The molecule has 2 amide bonds. The molecule has 0 fully saturated rings. The summed E-state index contributed by atoms with van der Waals surface area (Å²) in [5, 5.41) is 4.99. The quantitative estimate of drug-likeness (QED) is 0.411. The lowest BCUT2D eigenvalue weighted by atomic mass is 10.3. The summed E-state index contributed by atoms with van der Waals surface area (Å²) in [5.41, 5.74) is 0. The number of thiol groups is 1. The molecular weight excluding hydrogens is 264 g/mol. The van der Waals surface area contributed by atoms with Crippen LogP contribution in [0.5, 0.6) is 0 Å². The Morgan fingerprint density at radius 3 is 2.35 bits per heavy atom. The fourth-order valence-electron chi connectivity index (χ4n) is 1.11. The van der Waals surface area contributed by atoms with Crippen LogP contribution < -0.4 is 10.6 Å². The van der Waals surface area contributed by atoms with Gasteiger partial charge in [0.25, 0.3) is 0 Å². The molecule has 0 radical (unpaired) electrons. The Labute approximate surface area is 107 Å². The van der Waals surface area contributed by atoms with Crippen molar-refractivity contribution in [2.24, 2.45) is 0 Å². The van der Waals surface area contributed by atoms with Gasteiger partial charge in [-0.3, -0.25) is 9.59 Å². The zero-order valence-corrected chi connectivity index (χ0v) is 11.6. The molecule has 0 bridgehead atoms. The number of hydrogen-bond acceptors (Lipinski definition) is 5. The van der Waals surface area contributed by atoms with Gasteiger partial charge in [-0.15, -0.1) is 0 Å². The van der Waals surface area contributed by atoms with Gasteiger partial charge in [0.05, 0.1) is 5.75 Å². The lowest BCUT2D eigenvalue weighted by molar-refractivity contribution is -0.127. The Morgan fingerprint density at radius 1 is 1.35 bits per heavy atom. The monoisotopic (exact) mass is 282 g/mol. The predicted molar refractivity (Wildman–Crippen MR) is 68.8 cm³/mol. The van der Waals surface area contributed by atoms with E-state index < -0.39 is 15.9 Å². The Balaban J connectivity index is 3.95. The standard InChI is InChI=1S/C9H18N2O4S2/c1-7(12)11-8(6-16)9(13)10-4-3-5-17(2,14)15/h8,16H,3-6H2,1-2H3,(H,10,13)(H,11,12). The molecule has 0 saturated carbocycles. The second kappa shape index (κ2) is 7.54. The van der Waals surface area contributed by atoms with E-state index in [1.807, 2.05) is 0 Å². The Morgan fingerprint density at radius 2 is 1.94 bits per heavy atom. The molecule has 0 spiro atoms. The van der Waals surface area contributed by atoms with Gasteiger partial charge in [0, 0.05) is 25.5 Å². The van der Waals surface area contributed by atoms with Gasteiger partial charge in [-0.25, -0.2) is 8.42 Å². The molecule has 0 rings (SSSR count). The van der Waals surface area contributed by atoms with E-state index in [9.17, 15) is 18.0 Å². The number of amides is 2. The van der Waals surface area contributed by atoms with E-state index in [2.05, 4.69) is 23.3 Å². The van der Waals surface area contributed by atoms with Gasteiger partial charge in [0.15, 0.2) is 0 Å². The summed E-state index contributed by atoms with van der Waals surface area (Å²) in [6, 6.07) is -0.686. The molecule has 0 aromatic carbocycles. The maximum atomic E-state index is 11.5. The van der Waals surface area contributed by atoms with Crippen LogP contribution in [0.2, 0.25) is 0 Å². The highest BCUT2D eigenvalue weighted by atomic mass is 32.2. The summed E-state index contributed by atoms with van der Waals surface area (Å²) in [5.74, 6) is -0.449. The average Bonchev–Trinajstić information content (AvgIpc) is 2.19. The van der Waals surface area contributed by atoms with E-state index in [4.69, 9.17) is 0 Å². The van der Waals surface area contributed by atoms with E-state index in [0.29, 0.717) is 6.42 Å². The molecule has 8 heteroatoms. The number of sulfone groups is 1. The smallest absolute Gasteiger partial charge is 0.243 e. The maximum Gasteiger partial charge on any atom is 0.243 e. The van der Waals surface area contributed by atoms with Crippen LogP contribution in [0.25, 0.3) is 0 Å². The number of carbonyl (C=O) groups excluding carboxylic acids is 2. The van der Waals surface area contributed by atoms with Crippen LogP contribution in [0.15, 0.2) is 0 Å². The first-order valence-electron chi connectivity index (χ1n) is 5.09. The molecule has 17 heavy (non-hydrogen) atoms. The predicted octanol–water partition coefficient (Wildman–Crippen LogP) is -1.03. The average molecular weight is 282 g/mol. The molecule has 0 saturated heterocycles. The van der Waals surface area contributed by atoms with Crippen molar-refractivity contribution in [3.05, 3.63) is 0 Å². The summed E-state index contributed by atoms with van der Waals surface area (Å²) in [6.45, 7) is 1.57. The molecule has 1 unspecified atom stereocenters. The van der Waals surface area contributed by atoms with E-state index in [1.165, 1.54) is 6.92 Å². The highest BCUT2D eigenvalue weighted by molar-refractivity contribution is 7.90. The second-order valence-electron chi connectivity index (χ2n) is 3.71. The summed E-state index contributed by atoms with van der Waals surface area (Å²) in [6.07, 6.45) is 1.49. The van der Waals surface area contributed by atoms with Crippen molar-refractivity contribution in [3.8, 4) is 0 Å². The van der Waals surface area contributed by atoms with Gasteiger partial charge in [-0.05, 0) is 6.42 Å². The minimum atomic E-state index is -3.00. The molecule has 6 nitrogen and oxygen atoms in total.